The van der Waals surface area contributed by atoms with Gasteiger partial charge in [-0.2, -0.15) is 5.10 Å². The van der Waals surface area contributed by atoms with Gasteiger partial charge in [0, 0.05) is 45.7 Å². The molecule has 0 bridgehead atoms. The standard InChI is InChI=1S/C19H28N6O/c1-22-11-7-20-18(22)12-15-5-9-24(10-6-15)17-4-3-8-25(19(17)26)16-13-21-23(2)14-16/h7,11,13-15,17H,3-6,8-10,12H2,1-2H3. The maximum atomic E-state index is 13.1. The zero-order valence-electron chi connectivity index (χ0n) is 15.7. The van der Waals surface area contributed by atoms with Crippen LogP contribution < -0.4 is 4.90 Å². The summed E-state index contributed by atoms with van der Waals surface area (Å²) >= 11 is 0. The number of carbonyl (C=O) groups is 1. The molecule has 0 spiro atoms. The lowest BCUT2D eigenvalue weighted by Gasteiger charge is -2.41. The van der Waals surface area contributed by atoms with E-state index >= 15 is 0 Å². The van der Waals surface area contributed by atoms with Gasteiger partial charge in [-0.1, -0.05) is 0 Å². The van der Waals surface area contributed by atoms with Gasteiger partial charge in [-0.15, -0.1) is 0 Å². The lowest BCUT2D eigenvalue weighted by atomic mass is 9.91. The van der Waals surface area contributed by atoms with Gasteiger partial charge in [-0.25, -0.2) is 4.98 Å². The molecule has 7 nitrogen and oxygen atoms in total. The van der Waals surface area contributed by atoms with E-state index in [0.29, 0.717) is 5.92 Å². The van der Waals surface area contributed by atoms with Crippen molar-refractivity contribution in [3.63, 3.8) is 0 Å². The summed E-state index contributed by atoms with van der Waals surface area (Å²) in [5.74, 6) is 2.08. The van der Waals surface area contributed by atoms with Gasteiger partial charge in [0.25, 0.3) is 0 Å². The SMILES string of the molecule is Cn1cc(N2CCCC(N3CCC(Cc4nccn4C)CC3)C2=O)cn1. The van der Waals surface area contributed by atoms with Crippen molar-refractivity contribution in [2.24, 2.45) is 20.0 Å². The molecule has 2 aromatic heterocycles. The molecule has 2 fully saturated rings. The second-order valence-electron chi connectivity index (χ2n) is 7.66. The van der Waals surface area contributed by atoms with Crippen LogP contribution in [-0.2, 0) is 25.3 Å². The number of likely N-dealkylation sites (tertiary alicyclic amines) is 1. The van der Waals surface area contributed by atoms with Gasteiger partial charge in [-0.3, -0.25) is 14.4 Å². The van der Waals surface area contributed by atoms with E-state index < -0.39 is 0 Å². The third-order valence-corrected chi connectivity index (χ3v) is 5.90. The molecule has 1 atom stereocenters. The Kier molecular flexibility index (Phi) is 4.80. The number of nitrogens with zero attached hydrogens (tertiary/aromatic N) is 6. The molecule has 7 heteroatoms. The Hall–Kier alpha value is -2.15. The van der Waals surface area contributed by atoms with Gasteiger partial charge in [0.15, 0.2) is 0 Å². The highest BCUT2D eigenvalue weighted by atomic mass is 16.2. The molecule has 2 aliphatic heterocycles. The molecule has 26 heavy (non-hydrogen) atoms. The number of piperidine rings is 2. The Morgan fingerprint density at radius 2 is 1.96 bits per heavy atom. The van der Waals surface area contributed by atoms with Crippen molar-refractivity contribution in [3.05, 3.63) is 30.6 Å². The Labute approximate surface area is 154 Å². The van der Waals surface area contributed by atoms with E-state index in [1.165, 1.54) is 5.82 Å². The van der Waals surface area contributed by atoms with Gasteiger partial charge < -0.3 is 9.47 Å². The highest BCUT2D eigenvalue weighted by molar-refractivity contribution is 5.97. The second kappa shape index (κ2) is 7.23. The van der Waals surface area contributed by atoms with Crippen molar-refractivity contribution in [3.8, 4) is 0 Å². The van der Waals surface area contributed by atoms with Crippen LogP contribution >= 0.6 is 0 Å². The molecular weight excluding hydrogens is 328 g/mol. The van der Waals surface area contributed by atoms with Crippen molar-refractivity contribution in [2.45, 2.75) is 38.1 Å². The molecule has 0 aliphatic carbocycles. The predicted molar refractivity (Wildman–Crippen MR) is 99.8 cm³/mol. The summed E-state index contributed by atoms with van der Waals surface area (Å²) in [5.41, 5.74) is 0.923. The van der Waals surface area contributed by atoms with Crippen molar-refractivity contribution in [1.82, 2.24) is 24.2 Å². The van der Waals surface area contributed by atoms with E-state index in [1.807, 2.05) is 30.5 Å². The quantitative estimate of drug-likeness (QED) is 0.835. The molecule has 0 radical (unpaired) electrons. The number of amides is 1. The van der Waals surface area contributed by atoms with Gasteiger partial charge in [0.2, 0.25) is 5.91 Å². The van der Waals surface area contributed by atoms with Crippen molar-refractivity contribution < 1.29 is 4.79 Å². The van der Waals surface area contributed by atoms with E-state index in [9.17, 15) is 4.79 Å². The fourth-order valence-electron chi connectivity index (χ4n) is 4.32. The van der Waals surface area contributed by atoms with Gasteiger partial charge in [0.1, 0.15) is 5.82 Å². The highest BCUT2D eigenvalue weighted by Gasteiger charge is 2.36. The van der Waals surface area contributed by atoms with Crippen LogP contribution in [0.1, 0.15) is 31.5 Å². The number of carbonyl (C=O) groups excluding carboxylic acids is 1. The molecule has 0 saturated carbocycles. The van der Waals surface area contributed by atoms with Gasteiger partial charge in [0.05, 0.1) is 17.9 Å². The van der Waals surface area contributed by atoms with Crippen LogP contribution in [0.25, 0.3) is 0 Å². The number of hydrogen-bond acceptors (Lipinski definition) is 4. The number of imidazole rings is 1. The molecule has 1 amide bonds. The zero-order valence-corrected chi connectivity index (χ0v) is 15.7. The largest absolute Gasteiger partial charge is 0.338 e. The maximum absolute atomic E-state index is 13.1. The fourth-order valence-corrected chi connectivity index (χ4v) is 4.32. The molecule has 0 aromatic carbocycles. The first-order valence-corrected chi connectivity index (χ1v) is 9.62. The van der Waals surface area contributed by atoms with Crippen LogP contribution in [0.5, 0.6) is 0 Å². The van der Waals surface area contributed by atoms with E-state index in [0.717, 1.165) is 57.4 Å². The fraction of sp³-hybridized carbons (Fsp3) is 0.632. The molecule has 0 N–H and O–H groups in total. The smallest absolute Gasteiger partial charge is 0.244 e. The summed E-state index contributed by atoms with van der Waals surface area (Å²) in [5, 5.41) is 4.22. The Morgan fingerprint density at radius 1 is 1.15 bits per heavy atom. The molecule has 4 heterocycles. The summed E-state index contributed by atoms with van der Waals surface area (Å²) < 4.78 is 3.87. The number of rotatable bonds is 4. The lowest BCUT2D eigenvalue weighted by Crippen LogP contribution is -2.54. The second-order valence-corrected chi connectivity index (χ2v) is 7.66. The number of aryl methyl sites for hydroxylation is 2. The summed E-state index contributed by atoms with van der Waals surface area (Å²) in [4.78, 5) is 21.8. The van der Waals surface area contributed by atoms with E-state index in [-0.39, 0.29) is 11.9 Å². The molecule has 140 valence electrons. The van der Waals surface area contributed by atoms with Crippen LogP contribution in [0, 0.1) is 5.92 Å². The monoisotopic (exact) mass is 356 g/mol. The predicted octanol–water partition coefficient (Wildman–Crippen LogP) is 1.60. The highest BCUT2D eigenvalue weighted by Crippen LogP contribution is 2.28. The minimum Gasteiger partial charge on any atom is -0.338 e. The summed E-state index contributed by atoms with van der Waals surface area (Å²) in [6.45, 7) is 2.81. The molecule has 2 aliphatic rings. The van der Waals surface area contributed by atoms with Crippen LogP contribution in [0.4, 0.5) is 5.69 Å². The summed E-state index contributed by atoms with van der Waals surface area (Å²) in [7, 11) is 3.95. The normalized spacial score (nSPS) is 22.9. The summed E-state index contributed by atoms with van der Waals surface area (Å²) in [6.07, 6.45) is 13.0. The van der Waals surface area contributed by atoms with Gasteiger partial charge >= 0.3 is 0 Å². The minimum atomic E-state index is 0.0260. The molecular formula is C19H28N6O. The third-order valence-electron chi connectivity index (χ3n) is 5.90. The molecule has 1 unspecified atom stereocenters. The first kappa shape index (κ1) is 17.3. The first-order chi connectivity index (χ1) is 12.6. The van der Waals surface area contributed by atoms with E-state index in [4.69, 9.17) is 0 Å². The topological polar surface area (TPSA) is 59.2 Å². The summed E-state index contributed by atoms with van der Waals surface area (Å²) in [6, 6.07) is 0.0260. The minimum absolute atomic E-state index is 0.0260. The first-order valence-electron chi connectivity index (χ1n) is 9.62. The molecule has 2 saturated heterocycles. The Balaban J connectivity index is 1.36. The maximum Gasteiger partial charge on any atom is 0.244 e. The van der Waals surface area contributed by atoms with Crippen LogP contribution in [0.2, 0.25) is 0 Å². The van der Waals surface area contributed by atoms with Crippen LogP contribution in [0.15, 0.2) is 24.8 Å². The molecule has 4 rings (SSSR count). The van der Waals surface area contributed by atoms with Crippen molar-refractivity contribution in [2.75, 3.05) is 24.5 Å². The van der Waals surface area contributed by atoms with E-state index in [1.54, 1.807) is 10.9 Å². The average Bonchev–Trinajstić information content (AvgIpc) is 3.25. The molecule has 2 aromatic rings. The van der Waals surface area contributed by atoms with Crippen LogP contribution in [-0.4, -0.2) is 55.8 Å². The number of aromatic nitrogens is 4. The Bertz CT molecular complexity index is 758. The van der Waals surface area contributed by atoms with Gasteiger partial charge in [-0.05, 0) is 44.7 Å². The number of anilines is 1. The van der Waals surface area contributed by atoms with Crippen molar-refractivity contribution >= 4 is 11.6 Å². The number of hydrogen-bond donors (Lipinski definition) is 0. The van der Waals surface area contributed by atoms with Crippen molar-refractivity contribution in [1.29, 1.82) is 0 Å². The zero-order chi connectivity index (χ0) is 18.1. The van der Waals surface area contributed by atoms with E-state index in [2.05, 4.69) is 26.6 Å². The Morgan fingerprint density at radius 3 is 2.62 bits per heavy atom. The average molecular weight is 356 g/mol. The third kappa shape index (κ3) is 3.40. The lowest BCUT2D eigenvalue weighted by molar-refractivity contribution is -0.126. The van der Waals surface area contributed by atoms with Crippen LogP contribution in [0.3, 0.4) is 0 Å².